The van der Waals surface area contributed by atoms with Crippen molar-refractivity contribution >= 4 is 11.6 Å². The first-order valence-corrected chi connectivity index (χ1v) is 10.2. The van der Waals surface area contributed by atoms with E-state index in [-0.39, 0.29) is 11.9 Å². The largest absolute Gasteiger partial charge is 0.495 e. The van der Waals surface area contributed by atoms with Crippen LogP contribution in [0, 0.1) is 5.92 Å². The number of quaternary nitrogens is 1. The molecule has 1 heterocycles. The molecule has 5 nitrogen and oxygen atoms in total. The molecule has 0 unspecified atom stereocenters. The van der Waals surface area contributed by atoms with Crippen molar-refractivity contribution in [3.63, 3.8) is 0 Å². The third-order valence-corrected chi connectivity index (χ3v) is 6.13. The number of hydrogen-bond donors (Lipinski definition) is 2. The topological polar surface area (TPSA) is 46.0 Å². The van der Waals surface area contributed by atoms with Crippen LogP contribution in [-0.4, -0.2) is 51.8 Å². The van der Waals surface area contributed by atoms with Crippen LogP contribution >= 0.6 is 0 Å². The predicted molar refractivity (Wildman–Crippen MR) is 105 cm³/mol. The molecule has 1 saturated heterocycles. The smallest absolute Gasteiger partial charge is 0.278 e. The quantitative estimate of drug-likeness (QED) is 0.808. The number of nitrogens with one attached hydrogen (secondary N) is 2. The predicted octanol–water partition coefficient (Wildman–Crippen LogP) is 1.49. The number of nitrogens with zero attached hydrogens (tertiary/aromatic N) is 1. The van der Waals surface area contributed by atoms with E-state index in [1.165, 1.54) is 37.0 Å². The Morgan fingerprint density at radius 3 is 2.62 bits per heavy atom. The van der Waals surface area contributed by atoms with Gasteiger partial charge in [-0.25, -0.2) is 0 Å². The van der Waals surface area contributed by atoms with Crippen molar-refractivity contribution in [3.05, 3.63) is 24.3 Å². The number of rotatable bonds is 6. The summed E-state index contributed by atoms with van der Waals surface area (Å²) >= 11 is 0. The molecule has 1 atom stereocenters. The van der Waals surface area contributed by atoms with Gasteiger partial charge in [-0.3, -0.25) is 4.79 Å². The fraction of sp³-hybridized carbons (Fsp3) is 0.667. The lowest BCUT2D eigenvalue weighted by molar-refractivity contribution is -0.914. The summed E-state index contributed by atoms with van der Waals surface area (Å²) in [6.45, 7) is 6.81. The Hall–Kier alpha value is -1.75. The molecule has 1 amide bonds. The van der Waals surface area contributed by atoms with E-state index in [1.54, 1.807) is 7.11 Å². The fourth-order valence-electron chi connectivity index (χ4n) is 4.33. The number of amides is 1. The number of benzene rings is 1. The molecular weight excluding hydrogens is 326 g/mol. The SMILES string of the molecule is COc1ccccc1N1CC[NH+]([C@@H](C)C(=O)NCC2CCCCC2)CC1. The van der Waals surface area contributed by atoms with Crippen LogP contribution in [0.1, 0.15) is 39.0 Å². The van der Waals surface area contributed by atoms with Crippen LogP contribution in [0.5, 0.6) is 5.75 Å². The highest BCUT2D eigenvalue weighted by molar-refractivity contribution is 5.79. The number of carbonyl (C=O) groups is 1. The van der Waals surface area contributed by atoms with Gasteiger partial charge in [0.2, 0.25) is 0 Å². The van der Waals surface area contributed by atoms with Gasteiger partial charge in [0.25, 0.3) is 5.91 Å². The second kappa shape index (κ2) is 9.26. The van der Waals surface area contributed by atoms with Crippen LogP contribution in [0.25, 0.3) is 0 Å². The summed E-state index contributed by atoms with van der Waals surface area (Å²) in [6, 6.07) is 8.21. The molecule has 1 saturated carbocycles. The van der Waals surface area contributed by atoms with Gasteiger partial charge in [-0.05, 0) is 37.8 Å². The number of piperazine rings is 1. The zero-order valence-electron chi connectivity index (χ0n) is 16.3. The molecule has 1 aliphatic carbocycles. The highest BCUT2D eigenvalue weighted by Gasteiger charge is 2.30. The minimum atomic E-state index is 0.0263. The second-order valence-corrected chi connectivity index (χ2v) is 7.79. The first-order valence-electron chi connectivity index (χ1n) is 10.2. The van der Waals surface area contributed by atoms with Crippen LogP contribution in [-0.2, 0) is 4.79 Å². The van der Waals surface area contributed by atoms with E-state index in [0.29, 0.717) is 5.92 Å². The van der Waals surface area contributed by atoms with Crippen molar-refractivity contribution in [1.29, 1.82) is 0 Å². The Morgan fingerprint density at radius 1 is 1.23 bits per heavy atom. The highest BCUT2D eigenvalue weighted by atomic mass is 16.5. The lowest BCUT2D eigenvalue weighted by Gasteiger charge is -2.36. The van der Waals surface area contributed by atoms with Crippen molar-refractivity contribution in [2.24, 2.45) is 5.92 Å². The molecule has 0 aromatic heterocycles. The molecule has 5 heteroatoms. The molecule has 0 radical (unpaired) electrons. The van der Waals surface area contributed by atoms with Gasteiger partial charge in [-0.1, -0.05) is 31.4 Å². The van der Waals surface area contributed by atoms with E-state index in [0.717, 1.165) is 44.2 Å². The zero-order chi connectivity index (χ0) is 18.4. The Labute approximate surface area is 157 Å². The number of hydrogen-bond acceptors (Lipinski definition) is 3. The highest BCUT2D eigenvalue weighted by Crippen LogP contribution is 2.27. The van der Waals surface area contributed by atoms with Gasteiger partial charge in [0.05, 0.1) is 39.0 Å². The van der Waals surface area contributed by atoms with E-state index >= 15 is 0 Å². The lowest BCUT2D eigenvalue weighted by atomic mass is 9.89. The van der Waals surface area contributed by atoms with Crippen molar-refractivity contribution in [2.75, 3.05) is 44.7 Å². The van der Waals surface area contributed by atoms with Crippen LogP contribution in [0.4, 0.5) is 5.69 Å². The normalized spacial score (nSPS) is 20.6. The third kappa shape index (κ3) is 4.70. The third-order valence-electron chi connectivity index (χ3n) is 6.13. The van der Waals surface area contributed by atoms with Gasteiger partial charge in [0.1, 0.15) is 5.75 Å². The lowest BCUT2D eigenvalue weighted by Crippen LogP contribution is -3.19. The summed E-state index contributed by atoms with van der Waals surface area (Å²) in [5.41, 5.74) is 1.16. The van der Waals surface area contributed by atoms with Crippen molar-refractivity contribution < 1.29 is 14.4 Å². The van der Waals surface area contributed by atoms with Crippen LogP contribution < -0.4 is 19.9 Å². The first kappa shape index (κ1) is 19.0. The van der Waals surface area contributed by atoms with E-state index in [4.69, 9.17) is 4.74 Å². The average Bonchev–Trinajstić information content (AvgIpc) is 2.72. The molecule has 0 bridgehead atoms. The number of methoxy groups -OCH3 is 1. The molecule has 1 aromatic carbocycles. The van der Waals surface area contributed by atoms with E-state index in [2.05, 4.69) is 29.3 Å². The van der Waals surface area contributed by atoms with Gasteiger partial charge in [0, 0.05) is 6.54 Å². The number of para-hydroxylation sites is 2. The van der Waals surface area contributed by atoms with Crippen molar-refractivity contribution in [2.45, 2.75) is 45.1 Å². The molecule has 2 aliphatic rings. The van der Waals surface area contributed by atoms with Crippen molar-refractivity contribution in [3.8, 4) is 5.75 Å². The van der Waals surface area contributed by atoms with Crippen LogP contribution in [0.3, 0.4) is 0 Å². The maximum absolute atomic E-state index is 12.6. The summed E-state index contributed by atoms with van der Waals surface area (Å²) < 4.78 is 5.49. The van der Waals surface area contributed by atoms with E-state index < -0.39 is 0 Å². The van der Waals surface area contributed by atoms with Crippen molar-refractivity contribution in [1.82, 2.24) is 5.32 Å². The van der Waals surface area contributed by atoms with Gasteiger partial charge >= 0.3 is 0 Å². The molecule has 1 aliphatic heterocycles. The second-order valence-electron chi connectivity index (χ2n) is 7.79. The number of ether oxygens (including phenoxy) is 1. The molecule has 3 rings (SSSR count). The summed E-state index contributed by atoms with van der Waals surface area (Å²) in [5.74, 6) is 1.84. The zero-order valence-corrected chi connectivity index (χ0v) is 16.3. The molecule has 26 heavy (non-hydrogen) atoms. The molecule has 2 N–H and O–H groups in total. The molecule has 0 spiro atoms. The van der Waals surface area contributed by atoms with E-state index in [1.807, 2.05) is 12.1 Å². The average molecular weight is 361 g/mol. The molecule has 2 fully saturated rings. The number of anilines is 1. The van der Waals surface area contributed by atoms with Gasteiger partial charge in [0.15, 0.2) is 6.04 Å². The van der Waals surface area contributed by atoms with Gasteiger partial charge < -0.3 is 19.9 Å². The molecule has 144 valence electrons. The maximum Gasteiger partial charge on any atom is 0.278 e. The Bertz CT molecular complexity index is 578. The van der Waals surface area contributed by atoms with Crippen LogP contribution in [0.15, 0.2) is 24.3 Å². The monoisotopic (exact) mass is 360 g/mol. The fourth-order valence-corrected chi connectivity index (χ4v) is 4.33. The Morgan fingerprint density at radius 2 is 1.92 bits per heavy atom. The minimum Gasteiger partial charge on any atom is -0.495 e. The standard InChI is InChI=1S/C21H33N3O2/c1-17(21(25)22-16-18-8-4-3-5-9-18)23-12-14-24(15-13-23)19-10-6-7-11-20(19)26-2/h6-7,10-11,17-18H,3-5,8-9,12-16H2,1-2H3,(H,22,25)/p+1/t17-/m0/s1. The van der Waals surface area contributed by atoms with Gasteiger partial charge in [-0.15, -0.1) is 0 Å². The first-order chi connectivity index (χ1) is 12.7. The minimum absolute atomic E-state index is 0.0263. The van der Waals surface area contributed by atoms with Crippen LogP contribution in [0.2, 0.25) is 0 Å². The summed E-state index contributed by atoms with van der Waals surface area (Å²) in [6.07, 6.45) is 6.57. The molecular formula is C21H34N3O2+. The summed E-state index contributed by atoms with van der Waals surface area (Å²) in [4.78, 5) is 16.3. The summed E-state index contributed by atoms with van der Waals surface area (Å²) in [5, 5.41) is 3.22. The summed E-state index contributed by atoms with van der Waals surface area (Å²) in [7, 11) is 1.72. The Balaban J connectivity index is 1.46. The van der Waals surface area contributed by atoms with Gasteiger partial charge in [-0.2, -0.15) is 0 Å². The maximum atomic E-state index is 12.6. The van der Waals surface area contributed by atoms with E-state index in [9.17, 15) is 4.79 Å². The number of carbonyl (C=O) groups excluding carboxylic acids is 1. The molecule has 1 aromatic rings. The Kier molecular flexibility index (Phi) is 6.78.